The number of nitrogens with zero attached hydrogens (tertiary/aromatic N) is 2. The second-order valence-electron chi connectivity index (χ2n) is 4.64. The van der Waals surface area contributed by atoms with Crippen LogP contribution in [0.1, 0.15) is 25.3 Å². The van der Waals surface area contributed by atoms with Gasteiger partial charge in [-0.3, -0.25) is 4.79 Å². The summed E-state index contributed by atoms with van der Waals surface area (Å²) in [7, 11) is 1.71. The van der Waals surface area contributed by atoms with Gasteiger partial charge in [-0.15, -0.1) is 0 Å². The SMILES string of the molecule is CN1C(=O)[C@@](C)(CCC#N)c2cc(Cl)c(Cl)cc21. The zero-order valence-electron chi connectivity index (χ0n) is 10.1. The van der Waals surface area contributed by atoms with Crippen LogP contribution in [0.3, 0.4) is 0 Å². The number of hydrogen-bond donors (Lipinski definition) is 0. The van der Waals surface area contributed by atoms with Gasteiger partial charge in [0.05, 0.1) is 21.5 Å². The van der Waals surface area contributed by atoms with E-state index in [9.17, 15) is 4.79 Å². The van der Waals surface area contributed by atoms with Crippen LogP contribution in [-0.2, 0) is 10.2 Å². The molecule has 0 fully saturated rings. The lowest BCUT2D eigenvalue weighted by Crippen LogP contribution is -2.35. The summed E-state index contributed by atoms with van der Waals surface area (Å²) in [5, 5.41) is 9.58. The van der Waals surface area contributed by atoms with Crippen LogP contribution >= 0.6 is 23.2 Å². The minimum absolute atomic E-state index is 0.0221. The molecule has 1 amide bonds. The van der Waals surface area contributed by atoms with Gasteiger partial charge in [0.15, 0.2) is 0 Å². The first kappa shape index (κ1) is 13.2. The van der Waals surface area contributed by atoms with E-state index >= 15 is 0 Å². The molecule has 18 heavy (non-hydrogen) atoms. The number of likely N-dealkylation sites (N-methyl/N-ethyl adjacent to an activating group) is 1. The van der Waals surface area contributed by atoms with Gasteiger partial charge in [0.2, 0.25) is 5.91 Å². The number of benzene rings is 1. The van der Waals surface area contributed by atoms with Crippen molar-refractivity contribution >= 4 is 34.8 Å². The Kier molecular flexibility index (Phi) is 3.27. The Morgan fingerprint density at radius 3 is 2.61 bits per heavy atom. The molecule has 1 aromatic carbocycles. The average molecular weight is 283 g/mol. The van der Waals surface area contributed by atoms with Crippen molar-refractivity contribution in [2.75, 3.05) is 11.9 Å². The Labute approximate surface area is 116 Å². The van der Waals surface area contributed by atoms with Crippen molar-refractivity contribution in [3.05, 3.63) is 27.7 Å². The molecule has 1 heterocycles. The molecule has 1 aliphatic rings. The van der Waals surface area contributed by atoms with E-state index in [1.54, 1.807) is 24.1 Å². The zero-order chi connectivity index (χ0) is 13.5. The van der Waals surface area contributed by atoms with Crippen molar-refractivity contribution in [2.24, 2.45) is 0 Å². The van der Waals surface area contributed by atoms with E-state index < -0.39 is 5.41 Å². The van der Waals surface area contributed by atoms with Crippen LogP contribution in [0.2, 0.25) is 10.0 Å². The molecular weight excluding hydrogens is 271 g/mol. The third-order valence-electron chi connectivity index (χ3n) is 3.51. The number of fused-ring (bicyclic) bond motifs is 1. The Bertz CT molecular complexity index is 565. The maximum atomic E-state index is 12.3. The first-order valence-corrected chi connectivity index (χ1v) is 6.32. The molecule has 0 unspecified atom stereocenters. The number of amides is 1. The molecule has 0 radical (unpaired) electrons. The highest BCUT2D eigenvalue weighted by molar-refractivity contribution is 6.42. The third kappa shape index (κ3) is 1.77. The quantitative estimate of drug-likeness (QED) is 0.833. The minimum Gasteiger partial charge on any atom is -0.314 e. The number of anilines is 1. The van der Waals surface area contributed by atoms with Gasteiger partial charge in [-0.1, -0.05) is 23.2 Å². The molecule has 5 heteroatoms. The van der Waals surface area contributed by atoms with Gasteiger partial charge >= 0.3 is 0 Å². The second-order valence-corrected chi connectivity index (χ2v) is 5.45. The lowest BCUT2D eigenvalue weighted by Gasteiger charge is -2.21. The molecule has 0 saturated carbocycles. The Morgan fingerprint density at radius 2 is 2.00 bits per heavy atom. The summed E-state index contributed by atoms with van der Waals surface area (Å²) in [6.07, 6.45) is 0.813. The molecule has 0 aromatic heterocycles. The van der Waals surface area contributed by atoms with E-state index in [-0.39, 0.29) is 5.91 Å². The fraction of sp³-hybridized carbons (Fsp3) is 0.385. The molecular formula is C13H12Cl2N2O. The second kappa shape index (κ2) is 4.46. The van der Waals surface area contributed by atoms with Gasteiger partial charge in [-0.05, 0) is 31.0 Å². The largest absolute Gasteiger partial charge is 0.314 e. The monoisotopic (exact) mass is 282 g/mol. The van der Waals surface area contributed by atoms with Crippen LogP contribution in [0, 0.1) is 11.3 Å². The van der Waals surface area contributed by atoms with Gasteiger partial charge in [0.1, 0.15) is 0 Å². The van der Waals surface area contributed by atoms with E-state index in [2.05, 4.69) is 6.07 Å². The Morgan fingerprint density at radius 1 is 1.39 bits per heavy atom. The molecule has 0 N–H and O–H groups in total. The number of carbonyl (C=O) groups is 1. The van der Waals surface area contributed by atoms with Crippen molar-refractivity contribution in [1.82, 2.24) is 0 Å². The average Bonchev–Trinajstić information content (AvgIpc) is 2.52. The summed E-state index contributed by atoms with van der Waals surface area (Å²) in [5.74, 6) is -0.0221. The van der Waals surface area contributed by atoms with E-state index in [4.69, 9.17) is 28.5 Å². The van der Waals surface area contributed by atoms with Crippen LogP contribution in [0.5, 0.6) is 0 Å². The maximum Gasteiger partial charge on any atom is 0.237 e. The van der Waals surface area contributed by atoms with Crippen molar-refractivity contribution in [3.63, 3.8) is 0 Å². The van der Waals surface area contributed by atoms with E-state index in [0.717, 1.165) is 11.3 Å². The van der Waals surface area contributed by atoms with Gasteiger partial charge in [-0.25, -0.2) is 0 Å². The molecule has 0 spiro atoms. The molecule has 94 valence electrons. The van der Waals surface area contributed by atoms with E-state index in [0.29, 0.717) is 22.9 Å². The molecule has 3 nitrogen and oxygen atoms in total. The summed E-state index contributed by atoms with van der Waals surface area (Å²) in [5.41, 5.74) is 0.933. The number of hydrogen-bond acceptors (Lipinski definition) is 2. The molecule has 0 bridgehead atoms. The lowest BCUT2D eigenvalue weighted by atomic mass is 9.80. The summed E-state index contributed by atoms with van der Waals surface area (Å²) in [6.45, 7) is 1.85. The molecule has 1 aliphatic heterocycles. The van der Waals surface area contributed by atoms with Gasteiger partial charge in [0.25, 0.3) is 0 Å². The topological polar surface area (TPSA) is 44.1 Å². The molecule has 0 aliphatic carbocycles. The normalized spacial score (nSPS) is 21.9. The van der Waals surface area contributed by atoms with E-state index in [1.165, 1.54) is 0 Å². The maximum absolute atomic E-state index is 12.3. The van der Waals surface area contributed by atoms with Crippen LogP contribution in [0.25, 0.3) is 0 Å². The predicted octanol–water partition coefficient (Wildman–Crippen LogP) is 3.53. The fourth-order valence-electron chi connectivity index (χ4n) is 2.40. The van der Waals surface area contributed by atoms with Crippen LogP contribution in [-0.4, -0.2) is 13.0 Å². The number of nitriles is 1. The zero-order valence-corrected chi connectivity index (χ0v) is 11.6. The Hall–Kier alpha value is -1.24. The summed E-state index contributed by atoms with van der Waals surface area (Å²) in [6, 6.07) is 5.52. The standard InChI is InChI=1S/C13H12Cl2N2O/c1-13(4-3-5-16)8-6-9(14)10(15)7-11(8)17(2)12(13)18/h6-7H,3-4H2,1-2H3/t13-/m0/s1. The van der Waals surface area contributed by atoms with Crippen molar-refractivity contribution in [2.45, 2.75) is 25.2 Å². The van der Waals surface area contributed by atoms with Gasteiger partial charge in [-0.2, -0.15) is 5.26 Å². The highest BCUT2D eigenvalue weighted by Gasteiger charge is 2.45. The molecule has 1 atom stereocenters. The minimum atomic E-state index is -0.686. The first-order chi connectivity index (χ1) is 8.41. The number of carbonyl (C=O) groups excluding carboxylic acids is 1. The predicted molar refractivity (Wildman–Crippen MR) is 72.1 cm³/mol. The summed E-state index contributed by atoms with van der Waals surface area (Å²) < 4.78 is 0. The summed E-state index contributed by atoms with van der Waals surface area (Å²) in [4.78, 5) is 13.9. The van der Waals surface area contributed by atoms with Crippen molar-refractivity contribution in [1.29, 1.82) is 5.26 Å². The van der Waals surface area contributed by atoms with Crippen molar-refractivity contribution in [3.8, 4) is 6.07 Å². The molecule has 1 aromatic rings. The Balaban J connectivity index is 2.58. The fourth-order valence-corrected chi connectivity index (χ4v) is 2.72. The lowest BCUT2D eigenvalue weighted by molar-refractivity contribution is -0.122. The highest BCUT2D eigenvalue weighted by atomic mass is 35.5. The number of halogens is 2. The van der Waals surface area contributed by atoms with Gasteiger partial charge in [0, 0.05) is 19.2 Å². The molecule has 2 rings (SSSR count). The van der Waals surface area contributed by atoms with E-state index in [1.807, 2.05) is 6.92 Å². The smallest absolute Gasteiger partial charge is 0.237 e. The van der Waals surface area contributed by atoms with Crippen molar-refractivity contribution < 1.29 is 4.79 Å². The van der Waals surface area contributed by atoms with Crippen LogP contribution in [0.4, 0.5) is 5.69 Å². The highest BCUT2D eigenvalue weighted by Crippen LogP contribution is 2.46. The number of rotatable bonds is 2. The third-order valence-corrected chi connectivity index (χ3v) is 4.23. The molecule has 0 saturated heterocycles. The van der Waals surface area contributed by atoms with Crippen LogP contribution < -0.4 is 4.90 Å². The first-order valence-electron chi connectivity index (χ1n) is 5.56. The van der Waals surface area contributed by atoms with Gasteiger partial charge < -0.3 is 4.90 Å². The van der Waals surface area contributed by atoms with Crippen LogP contribution in [0.15, 0.2) is 12.1 Å². The summed E-state index contributed by atoms with van der Waals surface area (Å²) >= 11 is 12.0.